The number of aromatic nitrogens is 1. The van der Waals surface area contributed by atoms with Crippen LogP contribution in [0, 0.1) is 15.2 Å². The number of halogens is 3. The third-order valence-electron chi connectivity index (χ3n) is 1.88. The fourth-order valence-corrected chi connectivity index (χ4v) is 1.64. The molecule has 1 N–H and O–H groups in total. The molecule has 0 fully saturated rings. The summed E-state index contributed by atoms with van der Waals surface area (Å²) in [5, 5.41) is 0.163. The fourth-order valence-electron chi connectivity index (χ4n) is 1.19. The first-order valence-electron chi connectivity index (χ1n) is 3.75. The number of fused-ring (bicyclic) bond motifs is 1. The summed E-state index contributed by atoms with van der Waals surface area (Å²) in [4.78, 5) is 14.2. The highest BCUT2D eigenvalue weighted by Gasteiger charge is 2.08. The number of hydrogen-bond donors (Lipinski definition) is 1. The zero-order valence-electron chi connectivity index (χ0n) is 6.77. The predicted molar refractivity (Wildman–Crippen MR) is 57.2 cm³/mol. The Morgan fingerprint density at radius 2 is 1.86 bits per heavy atom. The van der Waals surface area contributed by atoms with E-state index in [4.69, 9.17) is 0 Å². The summed E-state index contributed by atoms with van der Waals surface area (Å²) in [6.07, 6.45) is 1.46. The van der Waals surface area contributed by atoms with Gasteiger partial charge in [0.25, 0.3) is 0 Å². The number of aromatic amines is 1. The summed E-state index contributed by atoms with van der Waals surface area (Å²) in [5.41, 5.74) is 0.00701. The highest BCUT2D eigenvalue weighted by molar-refractivity contribution is 14.1. The van der Waals surface area contributed by atoms with Crippen LogP contribution in [0.15, 0.2) is 23.1 Å². The van der Waals surface area contributed by atoms with Crippen molar-refractivity contribution in [2.24, 2.45) is 0 Å². The highest BCUT2D eigenvalue weighted by atomic mass is 127. The molecule has 2 nitrogen and oxygen atoms in total. The second-order valence-corrected chi connectivity index (χ2v) is 3.94. The molecule has 1 aromatic carbocycles. The summed E-state index contributed by atoms with van der Waals surface area (Å²) < 4.78 is 26.1. The number of pyridine rings is 1. The molecule has 0 aliphatic rings. The lowest BCUT2D eigenvalue weighted by Crippen LogP contribution is -2.07. The predicted octanol–water partition coefficient (Wildman–Crippen LogP) is 2.41. The molecule has 0 saturated heterocycles. The first-order chi connectivity index (χ1) is 6.59. The Morgan fingerprint density at radius 1 is 1.21 bits per heavy atom. The largest absolute Gasteiger partial charge is 0.360 e. The van der Waals surface area contributed by atoms with Crippen molar-refractivity contribution in [2.45, 2.75) is 0 Å². The Morgan fingerprint density at radius 3 is 2.57 bits per heavy atom. The molecule has 14 heavy (non-hydrogen) atoms. The van der Waals surface area contributed by atoms with Gasteiger partial charge in [-0.15, -0.1) is 0 Å². The summed E-state index contributed by atoms with van der Waals surface area (Å²) in [6, 6.07) is 1.88. The maximum absolute atomic E-state index is 12.8. The average Bonchev–Trinajstić information content (AvgIpc) is 2.15. The van der Waals surface area contributed by atoms with Crippen molar-refractivity contribution in [3.63, 3.8) is 0 Å². The van der Waals surface area contributed by atoms with Crippen LogP contribution < -0.4 is 5.43 Å². The number of H-pyrrole nitrogens is 1. The average molecular weight is 307 g/mol. The van der Waals surface area contributed by atoms with Gasteiger partial charge < -0.3 is 4.98 Å². The SMILES string of the molecule is O=c1c(I)c[nH]c2cc(F)c(F)cc12. The van der Waals surface area contributed by atoms with Crippen molar-refractivity contribution in [3.05, 3.63) is 43.8 Å². The lowest BCUT2D eigenvalue weighted by atomic mass is 10.2. The molecule has 72 valence electrons. The lowest BCUT2D eigenvalue weighted by Gasteiger charge is -1.99. The van der Waals surface area contributed by atoms with Gasteiger partial charge in [-0.1, -0.05) is 0 Å². The standard InChI is InChI=1S/C9H4F2INO/c10-5-1-4-8(2-6(5)11)13-3-7(12)9(4)14/h1-3H,(H,13,14). The molecule has 0 unspecified atom stereocenters. The minimum Gasteiger partial charge on any atom is -0.360 e. The summed E-state index contributed by atoms with van der Waals surface area (Å²) in [5.74, 6) is -1.97. The fraction of sp³-hybridized carbons (Fsp3) is 0. The molecule has 2 aromatic rings. The van der Waals surface area contributed by atoms with Gasteiger partial charge in [0.15, 0.2) is 11.6 Å². The second kappa shape index (κ2) is 3.30. The molecule has 0 radical (unpaired) electrons. The van der Waals surface area contributed by atoms with Crippen molar-refractivity contribution in [2.75, 3.05) is 0 Å². The van der Waals surface area contributed by atoms with E-state index in [-0.39, 0.29) is 10.8 Å². The molecule has 0 aliphatic carbocycles. The van der Waals surface area contributed by atoms with Crippen molar-refractivity contribution in [1.82, 2.24) is 4.98 Å². The van der Waals surface area contributed by atoms with Crippen LogP contribution in [-0.4, -0.2) is 4.98 Å². The van der Waals surface area contributed by atoms with Gasteiger partial charge in [-0.25, -0.2) is 8.78 Å². The monoisotopic (exact) mass is 307 g/mol. The number of hydrogen-bond acceptors (Lipinski definition) is 1. The van der Waals surface area contributed by atoms with E-state index in [1.807, 2.05) is 22.6 Å². The summed E-state index contributed by atoms with van der Waals surface area (Å²) >= 11 is 1.83. The molecular formula is C9H4F2INO. The lowest BCUT2D eigenvalue weighted by molar-refractivity contribution is 0.510. The van der Waals surface area contributed by atoms with Gasteiger partial charge in [-0.05, 0) is 28.7 Å². The van der Waals surface area contributed by atoms with Crippen molar-refractivity contribution >= 4 is 33.5 Å². The van der Waals surface area contributed by atoms with Gasteiger partial charge in [-0.3, -0.25) is 4.79 Å². The van der Waals surface area contributed by atoms with Crippen LogP contribution in [-0.2, 0) is 0 Å². The van der Waals surface area contributed by atoms with Crippen LogP contribution in [0.2, 0.25) is 0 Å². The van der Waals surface area contributed by atoms with E-state index >= 15 is 0 Å². The molecule has 5 heteroatoms. The van der Waals surface area contributed by atoms with Gasteiger partial charge in [0.05, 0.1) is 9.09 Å². The topological polar surface area (TPSA) is 32.9 Å². The van der Waals surface area contributed by atoms with Crippen molar-refractivity contribution in [1.29, 1.82) is 0 Å². The Labute approximate surface area is 91.1 Å². The zero-order valence-corrected chi connectivity index (χ0v) is 8.93. The van der Waals surface area contributed by atoms with E-state index in [9.17, 15) is 13.6 Å². The van der Waals surface area contributed by atoms with E-state index in [1.54, 1.807) is 0 Å². The Balaban J connectivity index is 2.97. The Bertz CT molecular complexity index is 564. The minimum atomic E-state index is -1.01. The quantitative estimate of drug-likeness (QED) is 0.745. The van der Waals surface area contributed by atoms with Gasteiger partial charge in [0, 0.05) is 17.6 Å². The van der Waals surface area contributed by atoms with Crippen LogP contribution >= 0.6 is 22.6 Å². The Kier molecular flexibility index (Phi) is 2.26. The molecule has 0 spiro atoms. The molecule has 1 heterocycles. The first kappa shape index (κ1) is 9.57. The van der Waals surface area contributed by atoms with Gasteiger partial charge in [0.2, 0.25) is 5.43 Å². The normalized spacial score (nSPS) is 10.8. The van der Waals surface area contributed by atoms with E-state index in [2.05, 4.69) is 4.98 Å². The molecule has 0 bridgehead atoms. The van der Waals surface area contributed by atoms with Crippen molar-refractivity contribution in [3.8, 4) is 0 Å². The van der Waals surface area contributed by atoms with E-state index in [1.165, 1.54) is 6.20 Å². The van der Waals surface area contributed by atoms with Gasteiger partial charge in [-0.2, -0.15) is 0 Å². The molecule has 0 amide bonds. The maximum atomic E-state index is 12.8. The molecule has 0 aliphatic heterocycles. The first-order valence-corrected chi connectivity index (χ1v) is 4.83. The second-order valence-electron chi connectivity index (χ2n) is 2.78. The van der Waals surface area contributed by atoms with Gasteiger partial charge in [0.1, 0.15) is 0 Å². The zero-order chi connectivity index (χ0) is 10.3. The molecule has 2 rings (SSSR count). The number of benzene rings is 1. The van der Waals surface area contributed by atoms with E-state index < -0.39 is 11.6 Å². The number of nitrogens with one attached hydrogen (secondary N) is 1. The van der Waals surface area contributed by atoms with Crippen LogP contribution in [0.3, 0.4) is 0 Å². The molecular weight excluding hydrogens is 303 g/mol. The third-order valence-corrected chi connectivity index (χ3v) is 2.68. The molecule has 1 aromatic heterocycles. The van der Waals surface area contributed by atoms with Crippen molar-refractivity contribution < 1.29 is 8.78 Å². The molecule has 0 atom stereocenters. The molecule has 0 saturated carbocycles. The number of rotatable bonds is 0. The van der Waals surface area contributed by atoms with E-state index in [0.717, 1.165) is 12.1 Å². The van der Waals surface area contributed by atoms with E-state index in [0.29, 0.717) is 9.09 Å². The maximum Gasteiger partial charge on any atom is 0.202 e. The summed E-state index contributed by atoms with van der Waals surface area (Å²) in [6.45, 7) is 0. The van der Waals surface area contributed by atoms with Crippen LogP contribution in [0.5, 0.6) is 0 Å². The third kappa shape index (κ3) is 1.41. The smallest absolute Gasteiger partial charge is 0.202 e. The van der Waals surface area contributed by atoms with Crippen LogP contribution in [0.4, 0.5) is 8.78 Å². The van der Waals surface area contributed by atoms with Crippen LogP contribution in [0.1, 0.15) is 0 Å². The Hall–Kier alpha value is -0.980. The minimum absolute atomic E-state index is 0.163. The van der Waals surface area contributed by atoms with Crippen LogP contribution in [0.25, 0.3) is 10.9 Å². The van der Waals surface area contributed by atoms with Gasteiger partial charge >= 0.3 is 0 Å². The summed E-state index contributed by atoms with van der Waals surface area (Å²) in [7, 11) is 0. The highest BCUT2D eigenvalue weighted by Crippen LogP contribution is 2.14.